The summed E-state index contributed by atoms with van der Waals surface area (Å²) in [5.41, 5.74) is 0.647. The number of rotatable bonds is 5. The van der Waals surface area contributed by atoms with E-state index in [0.29, 0.717) is 27.2 Å². The third kappa shape index (κ3) is 3.96. The van der Waals surface area contributed by atoms with Crippen LogP contribution in [-0.4, -0.2) is 43.4 Å². The van der Waals surface area contributed by atoms with E-state index in [0.717, 1.165) is 0 Å². The van der Waals surface area contributed by atoms with Crippen molar-refractivity contribution in [3.8, 4) is 23.0 Å². The summed E-state index contributed by atoms with van der Waals surface area (Å²) in [4.78, 5) is 26.9. The predicted molar refractivity (Wildman–Crippen MR) is 118 cm³/mol. The Morgan fingerprint density at radius 1 is 1.07 bits per heavy atom. The standard InChI is InChI=1S/C20H17BrN2O6S/c1-27-11-4-5-14(16(8-11)28-2)23-19(26)12(18(25)22-20(23)30)6-10-7-17(29-3)15(24)9-13(10)21/h4-9,24H,1-3H3,(H,22,25,30). The van der Waals surface area contributed by atoms with Crippen LogP contribution in [0.15, 0.2) is 40.4 Å². The van der Waals surface area contributed by atoms with Crippen LogP contribution in [0.25, 0.3) is 6.08 Å². The zero-order valence-corrected chi connectivity index (χ0v) is 18.6. The number of aromatic hydroxyl groups is 1. The summed E-state index contributed by atoms with van der Waals surface area (Å²) in [7, 11) is 4.36. The molecule has 1 aliphatic heterocycles. The van der Waals surface area contributed by atoms with Gasteiger partial charge in [-0.15, -0.1) is 0 Å². The maximum atomic E-state index is 13.2. The van der Waals surface area contributed by atoms with Gasteiger partial charge in [0.2, 0.25) is 0 Å². The second-order valence-corrected chi connectivity index (χ2v) is 7.28. The Bertz CT molecular complexity index is 1090. The van der Waals surface area contributed by atoms with Gasteiger partial charge in [-0.25, -0.2) is 4.90 Å². The lowest BCUT2D eigenvalue weighted by molar-refractivity contribution is -0.122. The molecule has 0 radical (unpaired) electrons. The van der Waals surface area contributed by atoms with Crippen LogP contribution in [0.2, 0.25) is 0 Å². The quantitative estimate of drug-likeness (QED) is 0.376. The number of nitrogens with one attached hydrogen (secondary N) is 1. The molecule has 0 aliphatic carbocycles. The Morgan fingerprint density at radius 2 is 1.77 bits per heavy atom. The van der Waals surface area contributed by atoms with Gasteiger partial charge in [0.15, 0.2) is 16.6 Å². The molecule has 10 heteroatoms. The van der Waals surface area contributed by atoms with Crippen LogP contribution in [0.5, 0.6) is 23.0 Å². The van der Waals surface area contributed by atoms with Gasteiger partial charge < -0.3 is 19.3 Å². The van der Waals surface area contributed by atoms with E-state index in [1.165, 1.54) is 44.4 Å². The minimum absolute atomic E-state index is 0.0760. The number of anilines is 1. The predicted octanol–water partition coefficient (Wildman–Crippen LogP) is 3.01. The summed E-state index contributed by atoms with van der Waals surface area (Å²) in [6.45, 7) is 0. The molecule has 0 aromatic heterocycles. The Balaban J connectivity index is 2.09. The number of hydrogen-bond acceptors (Lipinski definition) is 7. The van der Waals surface area contributed by atoms with Crippen molar-refractivity contribution in [1.82, 2.24) is 5.32 Å². The highest BCUT2D eigenvalue weighted by atomic mass is 79.9. The number of carbonyl (C=O) groups excluding carboxylic acids is 2. The number of carbonyl (C=O) groups is 2. The fraction of sp³-hybridized carbons (Fsp3) is 0.150. The number of benzene rings is 2. The Labute approximate surface area is 186 Å². The summed E-state index contributed by atoms with van der Waals surface area (Å²) in [6, 6.07) is 7.77. The van der Waals surface area contributed by atoms with Gasteiger partial charge in [-0.05, 0) is 48.1 Å². The van der Waals surface area contributed by atoms with Crippen LogP contribution in [0, 0.1) is 0 Å². The van der Waals surface area contributed by atoms with Gasteiger partial charge >= 0.3 is 0 Å². The van der Waals surface area contributed by atoms with Gasteiger partial charge in [-0.2, -0.15) is 0 Å². The molecule has 8 nitrogen and oxygen atoms in total. The molecule has 0 unspecified atom stereocenters. The second kappa shape index (κ2) is 8.72. The van der Waals surface area contributed by atoms with Crippen LogP contribution >= 0.6 is 28.1 Å². The van der Waals surface area contributed by atoms with Crippen molar-refractivity contribution in [2.24, 2.45) is 0 Å². The van der Waals surface area contributed by atoms with E-state index in [2.05, 4.69) is 21.2 Å². The average Bonchev–Trinajstić information content (AvgIpc) is 2.72. The lowest BCUT2D eigenvalue weighted by Gasteiger charge is -2.30. The highest BCUT2D eigenvalue weighted by molar-refractivity contribution is 9.10. The summed E-state index contributed by atoms with van der Waals surface area (Å²) in [6.07, 6.45) is 1.38. The Hall–Kier alpha value is -3.11. The first kappa shape index (κ1) is 21.6. The lowest BCUT2D eigenvalue weighted by Crippen LogP contribution is -2.54. The average molecular weight is 493 g/mol. The maximum Gasteiger partial charge on any atom is 0.270 e. The van der Waals surface area contributed by atoms with Crippen LogP contribution < -0.4 is 24.4 Å². The molecule has 2 N–H and O–H groups in total. The monoisotopic (exact) mass is 492 g/mol. The molecule has 1 heterocycles. The summed E-state index contributed by atoms with van der Waals surface area (Å²) < 4.78 is 16.1. The molecular formula is C20H17BrN2O6S. The minimum atomic E-state index is -0.646. The zero-order valence-electron chi connectivity index (χ0n) is 16.2. The molecule has 1 fully saturated rings. The van der Waals surface area contributed by atoms with E-state index in [4.69, 9.17) is 26.4 Å². The molecule has 2 aromatic rings. The SMILES string of the molecule is COc1ccc(N2C(=O)C(=Cc3cc(OC)c(O)cc3Br)C(=O)NC2=S)c(OC)c1. The van der Waals surface area contributed by atoms with E-state index in [9.17, 15) is 14.7 Å². The lowest BCUT2D eigenvalue weighted by atomic mass is 10.1. The first-order valence-corrected chi connectivity index (χ1v) is 9.70. The number of phenols is 1. The zero-order chi connectivity index (χ0) is 22.0. The smallest absolute Gasteiger partial charge is 0.270 e. The van der Waals surface area contributed by atoms with E-state index in [-0.39, 0.29) is 22.2 Å². The molecule has 1 aliphatic rings. The summed E-state index contributed by atoms with van der Waals surface area (Å²) >= 11 is 8.54. The van der Waals surface area contributed by atoms with Gasteiger partial charge in [0.05, 0.1) is 27.0 Å². The number of thiocarbonyl (C=S) groups is 1. The minimum Gasteiger partial charge on any atom is -0.504 e. The molecular weight excluding hydrogens is 476 g/mol. The fourth-order valence-corrected chi connectivity index (χ4v) is 3.55. The first-order chi connectivity index (χ1) is 14.3. The number of phenolic OH excluding ortho intramolecular Hbond substituents is 1. The van der Waals surface area contributed by atoms with Gasteiger partial charge in [-0.1, -0.05) is 15.9 Å². The molecule has 30 heavy (non-hydrogen) atoms. The van der Waals surface area contributed by atoms with Gasteiger partial charge in [0, 0.05) is 10.5 Å². The molecule has 0 spiro atoms. The molecule has 0 atom stereocenters. The number of hydrogen-bond donors (Lipinski definition) is 2. The van der Waals surface area contributed by atoms with E-state index < -0.39 is 11.8 Å². The number of halogens is 1. The van der Waals surface area contributed by atoms with Crippen molar-refractivity contribution in [3.63, 3.8) is 0 Å². The normalized spacial score (nSPS) is 15.3. The van der Waals surface area contributed by atoms with Crippen LogP contribution in [0.3, 0.4) is 0 Å². The van der Waals surface area contributed by atoms with Crippen molar-refractivity contribution < 1.29 is 28.9 Å². The number of methoxy groups -OCH3 is 3. The van der Waals surface area contributed by atoms with Crippen molar-refractivity contribution in [2.45, 2.75) is 0 Å². The molecule has 2 aromatic carbocycles. The van der Waals surface area contributed by atoms with Crippen LogP contribution in [-0.2, 0) is 9.59 Å². The molecule has 0 saturated carbocycles. The highest BCUT2D eigenvalue weighted by Crippen LogP contribution is 2.36. The molecule has 3 rings (SSSR count). The van der Waals surface area contributed by atoms with Gasteiger partial charge in [-0.3, -0.25) is 14.9 Å². The van der Waals surface area contributed by atoms with Gasteiger partial charge in [0.25, 0.3) is 11.8 Å². The van der Waals surface area contributed by atoms with Crippen LogP contribution in [0.1, 0.15) is 5.56 Å². The summed E-state index contributed by atoms with van der Waals surface area (Å²) in [5, 5.41) is 12.3. The topological polar surface area (TPSA) is 97.3 Å². The highest BCUT2D eigenvalue weighted by Gasteiger charge is 2.36. The Kier molecular flexibility index (Phi) is 6.28. The molecule has 0 bridgehead atoms. The van der Waals surface area contributed by atoms with Crippen LogP contribution in [0.4, 0.5) is 5.69 Å². The summed E-state index contributed by atoms with van der Waals surface area (Å²) in [5.74, 6) is -0.299. The van der Waals surface area contributed by atoms with Gasteiger partial charge in [0.1, 0.15) is 17.1 Å². The maximum absolute atomic E-state index is 13.2. The second-order valence-electron chi connectivity index (χ2n) is 6.04. The van der Waals surface area contributed by atoms with E-state index in [1.807, 2.05) is 0 Å². The van der Waals surface area contributed by atoms with Crippen molar-refractivity contribution in [3.05, 3.63) is 45.9 Å². The fourth-order valence-electron chi connectivity index (χ4n) is 2.83. The van der Waals surface area contributed by atoms with E-state index in [1.54, 1.807) is 18.2 Å². The molecule has 156 valence electrons. The van der Waals surface area contributed by atoms with Crippen molar-refractivity contribution >= 4 is 56.8 Å². The molecule has 1 saturated heterocycles. The number of ether oxygens (including phenoxy) is 3. The molecule has 2 amide bonds. The first-order valence-electron chi connectivity index (χ1n) is 8.50. The number of amides is 2. The third-order valence-electron chi connectivity index (χ3n) is 4.33. The van der Waals surface area contributed by atoms with Crippen molar-refractivity contribution in [2.75, 3.05) is 26.2 Å². The largest absolute Gasteiger partial charge is 0.504 e. The third-order valence-corrected chi connectivity index (χ3v) is 5.30. The van der Waals surface area contributed by atoms with Crippen molar-refractivity contribution in [1.29, 1.82) is 0 Å². The Morgan fingerprint density at radius 3 is 2.40 bits per heavy atom. The number of nitrogens with zero attached hydrogens (tertiary/aromatic N) is 1. The van der Waals surface area contributed by atoms with E-state index >= 15 is 0 Å².